The van der Waals surface area contributed by atoms with E-state index in [0.29, 0.717) is 0 Å². The first-order chi connectivity index (χ1) is 10.7. The second-order valence-corrected chi connectivity index (χ2v) is 8.37. The van der Waals surface area contributed by atoms with E-state index in [4.69, 9.17) is 0 Å². The number of rotatable bonds is 2. The molecule has 0 N–H and O–H groups in total. The van der Waals surface area contributed by atoms with Gasteiger partial charge in [0.25, 0.3) is 0 Å². The molecule has 120 valence electrons. The van der Waals surface area contributed by atoms with Crippen molar-refractivity contribution in [1.82, 2.24) is 0 Å². The molecule has 0 bridgehead atoms. The van der Waals surface area contributed by atoms with E-state index in [-0.39, 0.29) is 10.8 Å². The predicted molar refractivity (Wildman–Crippen MR) is 101 cm³/mol. The Balaban J connectivity index is 2.06. The van der Waals surface area contributed by atoms with E-state index in [2.05, 4.69) is 83.7 Å². The third-order valence-electron chi connectivity index (χ3n) is 5.60. The van der Waals surface area contributed by atoms with Gasteiger partial charge in [0, 0.05) is 0 Å². The summed E-state index contributed by atoms with van der Waals surface area (Å²) in [5.74, 6) is 0. The van der Waals surface area contributed by atoms with Gasteiger partial charge in [0.15, 0.2) is 0 Å². The number of fused-ring (bicyclic) bond motifs is 1. The van der Waals surface area contributed by atoms with Crippen molar-refractivity contribution in [2.45, 2.75) is 58.3 Å². The van der Waals surface area contributed by atoms with Crippen molar-refractivity contribution >= 4 is 5.57 Å². The smallest absolute Gasteiger partial charge is 0.0100 e. The number of aryl methyl sites for hydroxylation is 1. The summed E-state index contributed by atoms with van der Waals surface area (Å²) in [7, 11) is 0. The van der Waals surface area contributed by atoms with Crippen LogP contribution in [0.1, 0.15) is 68.4 Å². The summed E-state index contributed by atoms with van der Waals surface area (Å²) in [6, 6.07) is 15.6. The summed E-state index contributed by atoms with van der Waals surface area (Å²) in [6.45, 7) is 16.0. The number of benzene rings is 2. The third kappa shape index (κ3) is 2.87. The van der Waals surface area contributed by atoms with Gasteiger partial charge in [-0.2, -0.15) is 0 Å². The van der Waals surface area contributed by atoms with Crippen LogP contribution in [0.3, 0.4) is 0 Å². The Morgan fingerprint density at radius 3 is 1.91 bits per heavy atom. The Kier molecular flexibility index (Phi) is 3.75. The Hall–Kier alpha value is -1.82. The fraction of sp³-hybridized carbons (Fsp3) is 0.391. The van der Waals surface area contributed by atoms with Crippen LogP contribution < -0.4 is 0 Å². The highest BCUT2D eigenvalue weighted by Gasteiger charge is 2.36. The van der Waals surface area contributed by atoms with Crippen molar-refractivity contribution in [3.8, 4) is 0 Å². The average Bonchev–Trinajstić information content (AvgIpc) is 2.52. The fourth-order valence-electron chi connectivity index (χ4n) is 3.70. The van der Waals surface area contributed by atoms with Gasteiger partial charge in [0.05, 0.1) is 0 Å². The molecule has 23 heavy (non-hydrogen) atoms. The van der Waals surface area contributed by atoms with Crippen molar-refractivity contribution < 1.29 is 0 Å². The zero-order valence-corrected chi connectivity index (χ0v) is 15.2. The molecule has 0 amide bonds. The molecule has 0 aromatic heterocycles. The van der Waals surface area contributed by atoms with Crippen LogP contribution in [0.25, 0.3) is 5.57 Å². The van der Waals surface area contributed by atoms with Gasteiger partial charge in [0.2, 0.25) is 0 Å². The summed E-state index contributed by atoms with van der Waals surface area (Å²) in [4.78, 5) is 0. The lowest BCUT2D eigenvalue weighted by Gasteiger charge is -2.42. The molecule has 2 aromatic rings. The van der Waals surface area contributed by atoms with E-state index in [9.17, 15) is 0 Å². The van der Waals surface area contributed by atoms with Crippen molar-refractivity contribution in [2.24, 2.45) is 0 Å². The summed E-state index contributed by atoms with van der Waals surface area (Å²) in [5.41, 5.74) is 8.39. The highest BCUT2D eigenvalue weighted by Crippen LogP contribution is 2.46. The van der Waals surface area contributed by atoms with Gasteiger partial charge in [-0.1, -0.05) is 82.3 Å². The zero-order valence-electron chi connectivity index (χ0n) is 15.2. The molecule has 0 spiro atoms. The summed E-state index contributed by atoms with van der Waals surface area (Å²) < 4.78 is 0. The number of hydrogen-bond acceptors (Lipinski definition) is 0. The van der Waals surface area contributed by atoms with Gasteiger partial charge in [-0.15, -0.1) is 0 Å². The van der Waals surface area contributed by atoms with Crippen LogP contribution >= 0.6 is 0 Å². The SMILES string of the molecule is C=C(c1ccc(C)cc1)c1ccc2c(c1)C(C)(C)CCC2(C)C. The standard InChI is InChI=1S/C23H28/c1-16-7-9-18(10-8-16)17(2)19-11-12-20-21(15-19)23(5,6)14-13-22(20,3)4/h7-12,15H,2,13-14H2,1,3-6H3. The monoisotopic (exact) mass is 304 g/mol. The molecule has 1 aliphatic rings. The van der Waals surface area contributed by atoms with Crippen LogP contribution in [0.15, 0.2) is 49.0 Å². The highest BCUT2D eigenvalue weighted by molar-refractivity contribution is 5.79. The molecule has 3 rings (SSSR count). The van der Waals surface area contributed by atoms with Gasteiger partial charge >= 0.3 is 0 Å². The maximum atomic E-state index is 4.36. The summed E-state index contributed by atoms with van der Waals surface area (Å²) in [6.07, 6.45) is 2.50. The first kappa shape index (κ1) is 16.1. The van der Waals surface area contributed by atoms with E-state index in [1.54, 1.807) is 0 Å². The normalized spacial score (nSPS) is 18.3. The Bertz CT molecular complexity index is 742. The fourth-order valence-corrected chi connectivity index (χ4v) is 3.70. The first-order valence-corrected chi connectivity index (χ1v) is 8.62. The molecule has 0 saturated heterocycles. The lowest BCUT2D eigenvalue weighted by Crippen LogP contribution is -2.33. The molecule has 0 fully saturated rings. The number of hydrogen-bond donors (Lipinski definition) is 0. The van der Waals surface area contributed by atoms with E-state index in [1.807, 2.05) is 0 Å². The Morgan fingerprint density at radius 1 is 0.783 bits per heavy atom. The molecule has 2 aromatic carbocycles. The second-order valence-electron chi connectivity index (χ2n) is 8.37. The molecule has 0 heterocycles. The molecule has 0 unspecified atom stereocenters. The molecular weight excluding hydrogens is 276 g/mol. The van der Waals surface area contributed by atoms with Crippen molar-refractivity contribution in [2.75, 3.05) is 0 Å². The molecule has 0 saturated carbocycles. The lowest BCUT2D eigenvalue weighted by atomic mass is 9.63. The van der Waals surface area contributed by atoms with E-state index >= 15 is 0 Å². The lowest BCUT2D eigenvalue weighted by molar-refractivity contribution is 0.332. The Labute approximate surface area is 141 Å². The van der Waals surface area contributed by atoms with Crippen LogP contribution in [0.5, 0.6) is 0 Å². The Morgan fingerprint density at radius 2 is 1.30 bits per heavy atom. The molecular formula is C23H28. The van der Waals surface area contributed by atoms with Crippen LogP contribution in [0.2, 0.25) is 0 Å². The zero-order chi connectivity index (χ0) is 16.8. The van der Waals surface area contributed by atoms with E-state index in [0.717, 1.165) is 5.57 Å². The predicted octanol–water partition coefficient (Wildman–Crippen LogP) is 6.41. The molecule has 0 heteroatoms. The van der Waals surface area contributed by atoms with Gasteiger partial charge in [-0.25, -0.2) is 0 Å². The van der Waals surface area contributed by atoms with Gasteiger partial charge in [0.1, 0.15) is 0 Å². The maximum absolute atomic E-state index is 4.36. The van der Waals surface area contributed by atoms with Crippen LogP contribution in [-0.2, 0) is 10.8 Å². The van der Waals surface area contributed by atoms with Gasteiger partial charge in [-0.05, 0) is 58.4 Å². The van der Waals surface area contributed by atoms with E-state index < -0.39 is 0 Å². The van der Waals surface area contributed by atoms with Crippen molar-refractivity contribution in [3.05, 3.63) is 76.9 Å². The molecule has 0 atom stereocenters. The van der Waals surface area contributed by atoms with Crippen molar-refractivity contribution in [1.29, 1.82) is 0 Å². The largest absolute Gasteiger partial charge is 0.0906 e. The van der Waals surface area contributed by atoms with Crippen LogP contribution in [0.4, 0.5) is 0 Å². The minimum atomic E-state index is 0.244. The average molecular weight is 304 g/mol. The third-order valence-corrected chi connectivity index (χ3v) is 5.60. The first-order valence-electron chi connectivity index (χ1n) is 8.62. The molecule has 0 radical (unpaired) electrons. The van der Waals surface area contributed by atoms with Crippen LogP contribution in [-0.4, -0.2) is 0 Å². The van der Waals surface area contributed by atoms with Crippen LogP contribution in [0, 0.1) is 6.92 Å². The van der Waals surface area contributed by atoms with E-state index in [1.165, 1.54) is 40.7 Å². The maximum Gasteiger partial charge on any atom is -0.0100 e. The molecule has 1 aliphatic carbocycles. The molecule has 0 nitrogen and oxygen atoms in total. The van der Waals surface area contributed by atoms with Crippen molar-refractivity contribution in [3.63, 3.8) is 0 Å². The highest BCUT2D eigenvalue weighted by atomic mass is 14.4. The summed E-state index contributed by atoms with van der Waals surface area (Å²) >= 11 is 0. The second kappa shape index (κ2) is 5.37. The minimum absolute atomic E-state index is 0.244. The molecule has 0 aliphatic heterocycles. The van der Waals surface area contributed by atoms with Gasteiger partial charge in [-0.3, -0.25) is 0 Å². The topological polar surface area (TPSA) is 0 Å². The quantitative estimate of drug-likeness (QED) is 0.601. The summed E-state index contributed by atoms with van der Waals surface area (Å²) in [5, 5.41) is 0. The van der Waals surface area contributed by atoms with Gasteiger partial charge < -0.3 is 0 Å². The minimum Gasteiger partial charge on any atom is -0.0906 e.